The number of rotatable bonds is 6. The van der Waals surface area contributed by atoms with Crippen molar-refractivity contribution in [2.75, 3.05) is 27.4 Å². The molecule has 0 aliphatic rings. The number of halogens is 1. The van der Waals surface area contributed by atoms with Crippen molar-refractivity contribution >= 4 is 11.7 Å². The summed E-state index contributed by atoms with van der Waals surface area (Å²) in [4.78, 5) is 21.1. The molecule has 1 rings (SSSR count). The Kier molecular flexibility index (Phi) is 5.19. The monoisotopic (exact) mass is 273 g/mol. The van der Waals surface area contributed by atoms with Crippen LogP contribution in [-0.2, 0) is 9.47 Å². The Hall–Kier alpha value is -2.22. The van der Waals surface area contributed by atoms with Gasteiger partial charge in [-0.15, -0.1) is 0 Å². The second kappa shape index (κ2) is 6.64. The molecule has 0 amide bonds. The molecular formula is C11H12FNO6. The number of nitro benzene ring substituents is 1. The number of carbonyl (C=O) groups is 1. The topological polar surface area (TPSA) is 87.9 Å². The van der Waals surface area contributed by atoms with Crippen molar-refractivity contribution in [2.45, 2.75) is 0 Å². The molecule has 0 aliphatic heterocycles. The third kappa shape index (κ3) is 3.62. The third-order valence-corrected chi connectivity index (χ3v) is 2.18. The van der Waals surface area contributed by atoms with Crippen LogP contribution < -0.4 is 4.74 Å². The van der Waals surface area contributed by atoms with Crippen LogP contribution in [0.25, 0.3) is 0 Å². The number of nitrogens with zero attached hydrogens (tertiary/aromatic N) is 1. The first-order valence-electron chi connectivity index (χ1n) is 5.19. The van der Waals surface area contributed by atoms with Gasteiger partial charge < -0.3 is 14.2 Å². The van der Waals surface area contributed by atoms with Crippen LogP contribution >= 0.6 is 0 Å². The van der Waals surface area contributed by atoms with Gasteiger partial charge in [0.1, 0.15) is 6.61 Å². The number of nitro groups is 1. The van der Waals surface area contributed by atoms with E-state index >= 15 is 0 Å². The van der Waals surface area contributed by atoms with Gasteiger partial charge in [0.05, 0.1) is 24.2 Å². The molecule has 0 saturated carbocycles. The van der Waals surface area contributed by atoms with E-state index < -0.39 is 22.4 Å². The summed E-state index contributed by atoms with van der Waals surface area (Å²) in [7, 11) is 2.54. The highest BCUT2D eigenvalue weighted by Crippen LogP contribution is 2.31. The summed E-state index contributed by atoms with van der Waals surface area (Å²) in [5.74, 6) is -2.33. The zero-order valence-corrected chi connectivity index (χ0v) is 10.3. The first kappa shape index (κ1) is 14.8. The van der Waals surface area contributed by atoms with Crippen molar-refractivity contribution in [3.05, 3.63) is 33.6 Å². The van der Waals surface area contributed by atoms with Gasteiger partial charge in [-0.1, -0.05) is 0 Å². The second-order valence-electron chi connectivity index (χ2n) is 3.39. The number of carbonyl (C=O) groups excluding carboxylic acids is 1. The van der Waals surface area contributed by atoms with E-state index in [1.54, 1.807) is 0 Å². The predicted molar refractivity (Wildman–Crippen MR) is 61.8 cm³/mol. The van der Waals surface area contributed by atoms with E-state index in [1.165, 1.54) is 7.11 Å². The Labute approximate surface area is 108 Å². The summed E-state index contributed by atoms with van der Waals surface area (Å²) in [6, 6.07) is 1.79. The highest BCUT2D eigenvalue weighted by atomic mass is 19.1. The molecule has 19 heavy (non-hydrogen) atoms. The van der Waals surface area contributed by atoms with Gasteiger partial charge >= 0.3 is 11.7 Å². The van der Waals surface area contributed by atoms with Gasteiger partial charge in [0.25, 0.3) is 0 Å². The van der Waals surface area contributed by atoms with Crippen LogP contribution in [0.1, 0.15) is 10.4 Å². The summed E-state index contributed by atoms with van der Waals surface area (Å²) in [6.45, 7) is 0.155. The molecular weight excluding hydrogens is 261 g/mol. The first-order chi connectivity index (χ1) is 9.01. The van der Waals surface area contributed by atoms with E-state index in [4.69, 9.17) is 9.47 Å². The molecule has 104 valence electrons. The van der Waals surface area contributed by atoms with Gasteiger partial charge in [-0.2, -0.15) is 4.39 Å². The molecule has 1 aromatic carbocycles. The molecule has 0 spiro atoms. The lowest BCUT2D eigenvalue weighted by Crippen LogP contribution is -2.09. The number of esters is 1. The van der Waals surface area contributed by atoms with Crippen molar-refractivity contribution in [3.63, 3.8) is 0 Å². The van der Waals surface area contributed by atoms with E-state index in [2.05, 4.69) is 4.74 Å². The number of hydrogen-bond acceptors (Lipinski definition) is 6. The highest BCUT2D eigenvalue weighted by Gasteiger charge is 2.25. The van der Waals surface area contributed by atoms with Crippen LogP contribution in [0.2, 0.25) is 0 Å². The molecule has 0 N–H and O–H groups in total. The van der Waals surface area contributed by atoms with E-state index in [0.29, 0.717) is 0 Å². The minimum atomic E-state index is -1.17. The summed E-state index contributed by atoms with van der Waals surface area (Å²) in [5, 5.41) is 10.8. The normalized spacial score (nSPS) is 10.1. The number of hydrogen-bond donors (Lipinski definition) is 0. The van der Waals surface area contributed by atoms with Crippen molar-refractivity contribution in [1.29, 1.82) is 0 Å². The average molecular weight is 273 g/mol. The fourth-order valence-electron chi connectivity index (χ4n) is 1.33. The maximum atomic E-state index is 13.6. The van der Waals surface area contributed by atoms with Gasteiger partial charge in [0.15, 0.2) is 0 Å². The summed E-state index contributed by atoms with van der Waals surface area (Å²) in [5.41, 5.74) is -0.998. The van der Waals surface area contributed by atoms with Gasteiger partial charge in [-0.05, 0) is 6.07 Å². The Morgan fingerprint density at radius 1 is 1.37 bits per heavy atom. The minimum Gasteiger partial charge on any atom is -0.484 e. The smallest absolute Gasteiger partial charge is 0.346 e. The number of benzene rings is 1. The molecule has 0 atom stereocenters. The first-order valence-corrected chi connectivity index (χ1v) is 5.19. The molecule has 0 fully saturated rings. The van der Waals surface area contributed by atoms with Gasteiger partial charge in [-0.3, -0.25) is 10.1 Å². The summed E-state index contributed by atoms with van der Waals surface area (Å²) in [6.07, 6.45) is 0. The Balaban J connectivity index is 3.17. The Morgan fingerprint density at radius 3 is 2.58 bits per heavy atom. The molecule has 0 saturated heterocycles. The highest BCUT2D eigenvalue weighted by molar-refractivity contribution is 5.90. The molecule has 0 radical (unpaired) electrons. The van der Waals surface area contributed by atoms with Crippen LogP contribution in [0, 0.1) is 15.9 Å². The molecule has 0 aromatic heterocycles. The summed E-state index contributed by atoms with van der Waals surface area (Å²) < 4.78 is 27.8. The van der Waals surface area contributed by atoms with E-state index in [1.807, 2.05) is 0 Å². The van der Waals surface area contributed by atoms with Crippen molar-refractivity contribution in [2.24, 2.45) is 0 Å². The van der Waals surface area contributed by atoms with Crippen molar-refractivity contribution in [3.8, 4) is 5.75 Å². The average Bonchev–Trinajstić information content (AvgIpc) is 2.37. The maximum absolute atomic E-state index is 13.6. The van der Waals surface area contributed by atoms with Crippen LogP contribution in [0.4, 0.5) is 10.1 Å². The lowest BCUT2D eigenvalue weighted by Gasteiger charge is -2.08. The lowest BCUT2D eigenvalue weighted by atomic mass is 10.2. The number of ether oxygens (including phenoxy) is 3. The van der Waals surface area contributed by atoms with E-state index in [-0.39, 0.29) is 24.5 Å². The summed E-state index contributed by atoms with van der Waals surface area (Å²) >= 11 is 0. The van der Waals surface area contributed by atoms with Crippen molar-refractivity contribution < 1.29 is 28.3 Å². The van der Waals surface area contributed by atoms with E-state index in [9.17, 15) is 19.3 Å². The largest absolute Gasteiger partial charge is 0.484 e. The minimum absolute atomic E-state index is 0.0125. The molecule has 0 bridgehead atoms. The van der Waals surface area contributed by atoms with Gasteiger partial charge in [0, 0.05) is 13.2 Å². The molecule has 1 aromatic rings. The standard InChI is InChI=1S/C11H12FNO6/c1-17-3-4-19-9-6-7(11(14)18-2)5-8(12)10(9)13(15)16/h5-6H,3-4H2,1-2H3. The molecule has 0 aliphatic carbocycles. The molecule has 0 heterocycles. The fourth-order valence-corrected chi connectivity index (χ4v) is 1.33. The van der Waals surface area contributed by atoms with Crippen molar-refractivity contribution in [1.82, 2.24) is 0 Å². The fraction of sp³-hybridized carbons (Fsp3) is 0.364. The zero-order chi connectivity index (χ0) is 14.4. The van der Waals surface area contributed by atoms with Crippen LogP contribution in [0.15, 0.2) is 12.1 Å². The quantitative estimate of drug-likeness (QED) is 0.338. The molecule has 0 unspecified atom stereocenters. The predicted octanol–water partition coefficient (Wildman–Crippen LogP) is 1.55. The van der Waals surface area contributed by atoms with E-state index in [0.717, 1.165) is 19.2 Å². The molecule has 7 nitrogen and oxygen atoms in total. The zero-order valence-electron chi connectivity index (χ0n) is 10.3. The second-order valence-corrected chi connectivity index (χ2v) is 3.39. The van der Waals surface area contributed by atoms with Crippen LogP contribution in [0.3, 0.4) is 0 Å². The Bertz CT molecular complexity index is 490. The number of methoxy groups -OCH3 is 2. The molecule has 8 heteroatoms. The van der Waals surface area contributed by atoms with Gasteiger partial charge in [-0.25, -0.2) is 4.79 Å². The SMILES string of the molecule is COCCOc1cc(C(=O)OC)cc(F)c1[N+](=O)[O-]. The lowest BCUT2D eigenvalue weighted by molar-refractivity contribution is -0.388. The van der Waals surface area contributed by atoms with Crippen LogP contribution in [-0.4, -0.2) is 38.3 Å². The van der Waals surface area contributed by atoms with Crippen LogP contribution in [0.5, 0.6) is 5.75 Å². The third-order valence-electron chi connectivity index (χ3n) is 2.18. The maximum Gasteiger partial charge on any atom is 0.346 e. The Morgan fingerprint density at radius 2 is 2.05 bits per heavy atom. The van der Waals surface area contributed by atoms with Gasteiger partial charge in [0.2, 0.25) is 11.6 Å².